The van der Waals surface area contributed by atoms with Gasteiger partial charge in [-0.2, -0.15) is 0 Å². The van der Waals surface area contributed by atoms with Gasteiger partial charge in [-0.1, -0.05) is 11.6 Å². The first-order valence-corrected chi connectivity index (χ1v) is 8.61. The van der Waals surface area contributed by atoms with E-state index in [0.29, 0.717) is 10.7 Å². The number of thiazole rings is 1. The van der Waals surface area contributed by atoms with E-state index in [2.05, 4.69) is 20.2 Å². The van der Waals surface area contributed by atoms with Crippen molar-refractivity contribution in [3.8, 4) is 0 Å². The van der Waals surface area contributed by atoms with Crippen molar-refractivity contribution in [3.05, 3.63) is 49.4 Å². The number of aryl methyl sites for hydroxylation is 1. The number of aromatic nitrogens is 1. The molecule has 2 aromatic rings. The molecule has 1 aromatic heterocycles. The third kappa shape index (κ3) is 3.80. The zero-order valence-corrected chi connectivity index (χ0v) is 14.3. The highest BCUT2D eigenvalue weighted by atomic mass is 35.5. The van der Waals surface area contributed by atoms with Gasteiger partial charge in [0.25, 0.3) is 5.69 Å². The highest BCUT2D eigenvalue weighted by Crippen LogP contribution is 2.31. The number of halogens is 1. The summed E-state index contributed by atoms with van der Waals surface area (Å²) in [6.07, 6.45) is 0. The van der Waals surface area contributed by atoms with Crippen LogP contribution in [0.1, 0.15) is 10.7 Å². The summed E-state index contributed by atoms with van der Waals surface area (Å²) in [5.74, 6) is 0. The van der Waals surface area contributed by atoms with E-state index in [9.17, 15) is 10.1 Å². The van der Waals surface area contributed by atoms with Crippen molar-refractivity contribution in [2.24, 2.45) is 0 Å². The van der Waals surface area contributed by atoms with E-state index >= 15 is 0 Å². The van der Waals surface area contributed by atoms with Crippen LogP contribution in [0.5, 0.6) is 0 Å². The van der Waals surface area contributed by atoms with E-state index in [1.165, 1.54) is 6.07 Å². The second-order valence-corrected chi connectivity index (χ2v) is 7.01. The van der Waals surface area contributed by atoms with Crippen LogP contribution in [0.3, 0.4) is 0 Å². The molecule has 0 bridgehead atoms. The van der Waals surface area contributed by atoms with Crippen molar-refractivity contribution in [2.45, 2.75) is 13.5 Å². The molecule has 0 unspecified atom stereocenters. The monoisotopic (exact) mass is 352 g/mol. The SMILES string of the molecule is Cc1nc(CN2CCN(c3ccc(Cl)cc3[N+](=O)[O-])CC2)cs1. The van der Waals surface area contributed by atoms with E-state index in [4.69, 9.17) is 11.6 Å². The molecule has 0 radical (unpaired) electrons. The maximum atomic E-state index is 11.2. The van der Waals surface area contributed by atoms with Crippen LogP contribution in [-0.2, 0) is 6.54 Å². The van der Waals surface area contributed by atoms with Gasteiger partial charge in [-0.3, -0.25) is 15.0 Å². The Hall–Kier alpha value is -1.70. The molecule has 3 rings (SSSR count). The van der Waals surface area contributed by atoms with Gasteiger partial charge in [0.1, 0.15) is 5.69 Å². The fraction of sp³-hybridized carbons (Fsp3) is 0.400. The molecule has 0 atom stereocenters. The van der Waals surface area contributed by atoms with Gasteiger partial charge in [-0.15, -0.1) is 11.3 Å². The van der Waals surface area contributed by atoms with E-state index in [-0.39, 0.29) is 10.6 Å². The van der Waals surface area contributed by atoms with Gasteiger partial charge >= 0.3 is 0 Å². The summed E-state index contributed by atoms with van der Waals surface area (Å²) in [6, 6.07) is 4.86. The minimum atomic E-state index is -0.369. The molecule has 0 N–H and O–H groups in total. The van der Waals surface area contributed by atoms with Gasteiger partial charge < -0.3 is 4.90 Å². The molecular weight excluding hydrogens is 336 g/mol. The lowest BCUT2D eigenvalue weighted by Gasteiger charge is -2.35. The number of piperazine rings is 1. The van der Waals surface area contributed by atoms with Gasteiger partial charge in [0.15, 0.2) is 0 Å². The summed E-state index contributed by atoms with van der Waals surface area (Å²) in [7, 11) is 0. The molecule has 122 valence electrons. The second-order valence-electron chi connectivity index (χ2n) is 5.51. The minimum absolute atomic E-state index is 0.0704. The molecule has 23 heavy (non-hydrogen) atoms. The Kier molecular flexibility index (Phi) is 4.79. The number of nitrogens with zero attached hydrogens (tertiary/aromatic N) is 4. The van der Waals surface area contributed by atoms with E-state index in [0.717, 1.165) is 43.4 Å². The molecule has 0 amide bonds. The Morgan fingerprint density at radius 1 is 1.35 bits per heavy atom. The Balaban J connectivity index is 1.66. The van der Waals surface area contributed by atoms with Gasteiger partial charge in [0.05, 0.1) is 15.6 Å². The molecule has 2 heterocycles. The Bertz CT molecular complexity index is 713. The lowest BCUT2D eigenvalue weighted by Crippen LogP contribution is -2.46. The second kappa shape index (κ2) is 6.82. The Labute approximate surface area is 143 Å². The molecule has 6 nitrogen and oxygen atoms in total. The summed E-state index contributed by atoms with van der Waals surface area (Å²) >= 11 is 7.54. The van der Waals surface area contributed by atoms with Crippen LogP contribution in [-0.4, -0.2) is 41.0 Å². The predicted molar refractivity (Wildman–Crippen MR) is 92.4 cm³/mol. The number of nitro groups is 1. The van der Waals surface area contributed by atoms with E-state index in [1.807, 2.05) is 6.92 Å². The average Bonchev–Trinajstić information content (AvgIpc) is 2.93. The topological polar surface area (TPSA) is 62.5 Å². The molecule has 1 aliphatic rings. The molecule has 1 aliphatic heterocycles. The molecule has 0 spiro atoms. The van der Waals surface area contributed by atoms with Crippen LogP contribution in [0.2, 0.25) is 5.02 Å². The van der Waals surface area contributed by atoms with Crippen molar-refractivity contribution in [3.63, 3.8) is 0 Å². The standard InChI is InChI=1S/C15H17ClN4O2S/c1-11-17-13(10-23-11)9-18-4-6-19(7-5-18)14-3-2-12(16)8-15(14)20(21)22/h2-3,8,10H,4-7,9H2,1H3. The number of hydrogen-bond donors (Lipinski definition) is 0. The van der Waals surface area contributed by atoms with Crippen LogP contribution in [0.15, 0.2) is 23.6 Å². The molecule has 8 heteroatoms. The summed E-state index contributed by atoms with van der Waals surface area (Å²) in [6.45, 7) is 6.07. The van der Waals surface area contributed by atoms with Crippen molar-refractivity contribution in [1.29, 1.82) is 0 Å². The van der Waals surface area contributed by atoms with Gasteiger partial charge in [0.2, 0.25) is 0 Å². The van der Waals surface area contributed by atoms with Gasteiger partial charge in [-0.25, -0.2) is 4.98 Å². The number of nitro benzene ring substituents is 1. The molecule has 0 saturated carbocycles. The summed E-state index contributed by atoms with van der Waals surface area (Å²) in [4.78, 5) is 19.7. The predicted octanol–water partition coefficient (Wildman–Crippen LogP) is 3.34. The highest BCUT2D eigenvalue weighted by Gasteiger charge is 2.24. The van der Waals surface area contributed by atoms with E-state index < -0.39 is 0 Å². The smallest absolute Gasteiger partial charge is 0.294 e. The van der Waals surface area contributed by atoms with Crippen LogP contribution >= 0.6 is 22.9 Å². The van der Waals surface area contributed by atoms with Crippen LogP contribution < -0.4 is 4.90 Å². The maximum Gasteiger partial charge on any atom is 0.294 e. The number of rotatable bonds is 4. The quantitative estimate of drug-likeness (QED) is 0.623. The number of anilines is 1. The van der Waals surface area contributed by atoms with Crippen molar-refractivity contribution >= 4 is 34.3 Å². The average molecular weight is 353 g/mol. The highest BCUT2D eigenvalue weighted by molar-refractivity contribution is 7.09. The molecule has 0 aliphatic carbocycles. The minimum Gasteiger partial charge on any atom is -0.363 e. The lowest BCUT2D eigenvalue weighted by molar-refractivity contribution is -0.384. The van der Waals surface area contributed by atoms with E-state index in [1.54, 1.807) is 23.5 Å². The maximum absolute atomic E-state index is 11.2. The van der Waals surface area contributed by atoms with Gasteiger partial charge in [-0.05, 0) is 19.1 Å². The normalized spacial score (nSPS) is 15.8. The first-order chi connectivity index (χ1) is 11.0. The largest absolute Gasteiger partial charge is 0.363 e. The van der Waals surface area contributed by atoms with Crippen molar-refractivity contribution in [1.82, 2.24) is 9.88 Å². The molecule has 1 saturated heterocycles. The first kappa shape index (κ1) is 16.2. The zero-order chi connectivity index (χ0) is 16.4. The van der Waals surface area contributed by atoms with Gasteiger partial charge in [0, 0.05) is 49.2 Å². The van der Waals surface area contributed by atoms with Crippen LogP contribution in [0, 0.1) is 17.0 Å². The molecule has 1 aromatic carbocycles. The number of benzene rings is 1. The zero-order valence-electron chi connectivity index (χ0n) is 12.7. The fourth-order valence-electron chi connectivity index (χ4n) is 2.77. The first-order valence-electron chi connectivity index (χ1n) is 7.35. The summed E-state index contributed by atoms with van der Waals surface area (Å²) < 4.78 is 0. The summed E-state index contributed by atoms with van der Waals surface area (Å²) in [5.41, 5.74) is 1.81. The summed E-state index contributed by atoms with van der Waals surface area (Å²) in [5, 5.41) is 14.8. The molecular formula is C15H17ClN4O2S. The third-order valence-corrected chi connectivity index (χ3v) is 4.96. The Morgan fingerprint density at radius 3 is 2.70 bits per heavy atom. The number of hydrogen-bond acceptors (Lipinski definition) is 6. The van der Waals surface area contributed by atoms with Crippen LogP contribution in [0.4, 0.5) is 11.4 Å². The molecule has 1 fully saturated rings. The fourth-order valence-corrected chi connectivity index (χ4v) is 3.54. The Morgan fingerprint density at radius 2 is 2.09 bits per heavy atom. The third-order valence-electron chi connectivity index (χ3n) is 3.90. The lowest BCUT2D eigenvalue weighted by atomic mass is 10.2. The van der Waals surface area contributed by atoms with Crippen molar-refractivity contribution < 1.29 is 4.92 Å². The van der Waals surface area contributed by atoms with Crippen LogP contribution in [0.25, 0.3) is 0 Å². The van der Waals surface area contributed by atoms with Crippen molar-refractivity contribution in [2.75, 3.05) is 31.1 Å².